The first-order valence-electron chi connectivity index (χ1n) is 4.99. The van der Waals surface area contributed by atoms with Crippen LogP contribution in [-0.2, 0) is 6.54 Å². The Bertz CT molecular complexity index is 586. The first kappa shape index (κ1) is 12.4. The maximum absolute atomic E-state index is 13.3. The van der Waals surface area contributed by atoms with Gasteiger partial charge in [0.2, 0.25) is 0 Å². The Labute approximate surface area is 105 Å². The zero-order valence-electron chi connectivity index (χ0n) is 9.02. The van der Waals surface area contributed by atoms with Gasteiger partial charge in [-0.25, -0.2) is 8.78 Å². The molecule has 0 aliphatic heterocycles. The molecule has 18 heavy (non-hydrogen) atoms. The Balaban J connectivity index is 2.07. The van der Waals surface area contributed by atoms with Gasteiger partial charge < -0.3 is 5.32 Å². The lowest BCUT2D eigenvalue weighted by Gasteiger charge is -2.05. The SMILES string of the molecule is O=[N+]([O-])c1ccc(CNc2cccc(F)c2F)s1. The summed E-state index contributed by atoms with van der Waals surface area (Å²) in [6.07, 6.45) is 0. The van der Waals surface area contributed by atoms with Crippen LogP contribution in [0.15, 0.2) is 30.3 Å². The molecule has 0 aliphatic rings. The van der Waals surface area contributed by atoms with Crippen LogP contribution in [0.5, 0.6) is 0 Å². The lowest BCUT2D eigenvalue weighted by Crippen LogP contribution is -2.01. The summed E-state index contributed by atoms with van der Waals surface area (Å²) in [6.45, 7) is 0.207. The fourth-order valence-electron chi connectivity index (χ4n) is 1.38. The van der Waals surface area contributed by atoms with Crippen LogP contribution in [0.1, 0.15) is 4.88 Å². The molecule has 0 aliphatic carbocycles. The molecule has 1 N–H and O–H groups in total. The van der Waals surface area contributed by atoms with Crippen molar-refractivity contribution in [3.05, 3.63) is 57.0 Å². The lowest BCUT2D eigenvalue weighted by molar-refractivity contribution is -0.380. The van der Waals surface area contributed by atoms with Gasteiger partial charge in [-0.2, -0.15) is 0 Å². The normalized spacial score (nSPS) is 10.3. The van der Waals surface area contributed by atoms with Crippen LogP contribution in [0.3, 0.4) is 0 Å². The molecule has 94 valence electrons. The number of rotatable bonds is 4. The summed E-state index contributed by atoms with van der Waals surface area (Å²) in [5, 5.41) is 13.2. The van der Waals surface area contributed by atoms with Crippen molar-refractivity contribution in [3.63, 3.8) is 0 Å². The molecule has 0 fully saturated rings. The molecule has 0 spiro atoms. The third-order valence-electron chi connectivity index (χ3n) is 2.23. The van der Waals surface area contributed by atoms with Gasteiger partial charge in [0.15, 0.2) is 11.6 Å². The Morgan fingerprint density at radius 3 is 2.72 bits per heavy atom. The quantitative estimate of drug-likeness (QED) is 0.682. The predicted molar refractivity (Wildman–Crippen MR) is 64.7 cm³/mol. The van der Waals surface area contributed by atoms with Gasteiger partial charge in [0.25, 0.3) is 0 Å². The molecule has 0 unspecified atom stereocenters. The van der Waals surface area contributed by atoms with Gasteiger partial charge in [0.1, 0.15) is 0 Å². The van der Waals surface area contributed by atoms with Crippen molar-refractivity contribution in [3.8, 4) is 0 Å². The van der Waals surface area contributed by atoms with Crippen molar-refractivity contribution >= 4 is 22.0 Å². The van der Waals surface area contributed by atoms with Crippen LogP contribution in [0.2, 0.25) is 0 Å². The van der Waals surface area contributed by atoms with Crippen LogP contribution >= 0.6 is 11.3 Å². The number of benzene rings is 1. The number of hydrogen-bond donors (Lipinski definition) is 1. The zero-order chi connectivity index (χ0) is 13.1. The summed E-state index contributed by atoms with van der Waals surface area (Å²) in [5.41, 5.74) is 0.0334. The highest BCUT2D eigenvalue weighted by atomic mass is 32.1. The van der Waals surface area contributed by atoms with E-state index >= 15 is 0 Å². The highest BCUT2D eigenvalue weighted by Gasteiger charge is 2.11. The fraction of sp³-hybridized carbons (Fsp3) is 0.0909. The van der Waals surface area contributed by atoms with E-state index in [9.17, 15) is 18.9 Å². The molecule has 4 nitrogen and oxygen atoms in total. The molecule has 1 aromatic carbocycles. The van der Waals surface area contributed by atoms with E-state index in [1.165, 1.54) is 18.2 Å². The number of halogens is 2. The monoisotopic (exact) mass is 270 g/mol. The van der Waals surface area contributed by atoms with Gasteiger partial charge in [-0.1, -0.05) is 17.4 Å². The Morgan fingerprint density at radius 1 is 1.28 bits per heavy atom. The Hall–Kier alpha value is -2.02. The molecule has 0 saturated carbocycles. The number of nitro groups is 1. The third-order valence-corrected chi connectivity index (χ3v) is 3.27. The summed E-state index contributed by atoms with van der Waals surface area (Å²) < 4.78 is 26.2. The summed E-state index contributed by atoms with van der Waals surface area (Å²) in [6, 6.07) is 6.77. The molecule has 0 radical (unpaired) electrons. The Kier molecular flexibility index (Phi) is 3.52. The summed E-state index contributed by atoms with van der Waals surface area (Å²) in [7, 11) is 0. The van der Waals surface area contributed by atoms with E-state index in [4.69, 9.17) is 0 Å². The van der Waals surface area contributed by atoms with E-state index < -0.39 is 16.6 Å². The highest BCUT2D eigenvalue weighted by molar-refractivity contribution is 7.15. The average Bonchev–Trinajstić information content (AvgIpc) is 2.80. The van der Waals surface area contributed by atoms with Crippen LogP contribution in [-0.4, -0.2) is 4.92 Å². The molecule has 0 amide bonds. The molecule has 1 aromatic heterocycles. The lowest BCUT2D eigenvalue weighted by atomic mass is 10.3. The third kappa shape index (κ3) is 2.62. The second-order valence-corrected chi connectivity index (χ2v) is 4.60. The topological polar surface area (TPSA) is 55.2 Å². The number of hydrogen-bond acceptors (Lipinski definition) is 4. The predicted octanol–water partition coefficient (Wildman–Crippen LogP) is 3.55. The van der Waals surface area contributed by atoms with Crippen molar-refractivity contribution in [2.24, 2.45) is 0 Å². The molecule has 0 bridgehead atoms. The minimum atomic E-state index is -0.955. The van der Waals surface area contributed by atoms with E-state index in [1.807, 2.05) is 0 Å². The average molecular weight is 270 g/mol. The molecular formula is C11H8F2N2O2S. The molecule has 1 heterocycles. The second-order valence-electron chi connectivity index (χ2n) is 3.45. The van der Waals surface area contributed by atoms with Crippen LogP contribution < -0.4 is 5.32 Å². The number of nitrogens with one attached hydrogen (secondary N) is 1. The first-order chi connectivity index (χ1) is 8.58. The molecule has 2 aromatic rings. The highest BCUT2D eigenvalue weighted by Crippen LogP contribution is 2.25. The standard InChI is InChI=1S/C11H8F2N2O2S/c12-8-2-1-3-9(11(8)13)14-6-7-4-5-10(18-7)15(16)17/h1-5,14H,6H2. The van der Waals surface area contributed by atoms with Crippen molar-refractivity contribution in [1.82, 2.24) is 0 Å². The molecular weight excluding hydrogens is 262 g/mol. The van der Waals surface area contributed by atoms with E-state index in [0.29, 0.717) is 4.88 Å². The number of anilines is 1. The van der Waals surface area contributed by atoms with Gasteiger partial charge in [-0.15, -0.1) is 0 Å². The van der Waals surface area contributed by atoms with Crippen molar-refractivity contribution < 1.29 is 13.7 Å². The van der Waals surface area contributed by atoms with Gasteiger partial charge in [-0.3, -0.25) is 10.1 Å². The van der Waals surface area contributed by atoms with Gasteiger partial charge >= 0.3 is 5.00 Å². The molecule has 2 rings (SSSR count). The number of thiophene rings is 1. The largest absolute Gasteiger partial charge is 0.378 e. The number of nitrogens with zero attached hydrogens (tertiary/aromatic N) is 1. The van der Waals surface area contributed by atoms with E-state index in [1.54, 1.807) is 6.07 Å². The minimum Gasteiger partial charge on any atom is -0.378 e. The van der Waals surface area contributed by atoms with E-state index in [-0.39, 0.29) is 17.2 Å². The van der Waals surface area contributed by atoms with Crippen molar-refractivity contribution in [2.75, 3.05) is 5.32 Å². The van der Waals surface area contributed by atoms with Crippen LogP contribution in [0.4, 0.5) is 19.5 Å². The van der Waals surface area contributed by atoms with E-state index in [0.717, 1.165) is 17.4 Å². The summed E-state index contributed by atoms with van der Waals surface area (Å²) >= 11 is 0.993. The second kappa shape index (κ2) is 5.09. The molecule has 0 saturated heterocycles. The smallest absolute Gasteiger partial charge is 0.324 e. The van der Waals surface area contributed by atoms with Gasteiger partial charge in [0.05, 0.1) is 10.6 Å². The fourth-order valence-corrected chi connectivity index (χ4v) is 2.14. The molecule has 0 atom stereocenters. The Morgan fingerprint density at radius 2 is 2.06 bits per heavy atom. The summed E-state index contributed by atoms with van der Waals surface area (Å²) in [5.74, 6) is -1.89. The maximum atomic E-state index is 13.3. The van der Waals surface area contributed by atoms with E-state index in [2.05, 4.69) is 5.32 Å². The van der Waals surface area contributed by atoms with Gasteiger partial charge in [0, 0.05) is 17.5 Å². The maximum Gasteiger partial charge on any atom is 0.324 e. The minimum absolute atomic E-state index is 0.0199. The molecule has 7 heteroatoms. The zero-order valence-corrected chi connectivity index (χ0v) is 9.84. The first-order valence-corrected chi connectivity index (χ1v) is 5.80. The van der Waals surface area contributed by atoms with Crippen molar-refractivity contribution in [1.29, 1.82) is 0 Å². The summed E-state index contributed by atoms with van der Waals surface area (Å²) in [4.78, 5) is 10.7. The van der Waals surface area contributed by atoms with Crippen LogP contribution in [0.25, 0.3) is 0 Å². The van der Waals surface area contributed by atoms with Gasteiger partial charge in [-0.05, 0) is 18.2 Å². The van der Waals surface area contributed by atoms with Crippen molar-refractivity contribution in [2.45, 2.75) is 6.54 Å². The van der Waals surface area contributed by atoms with Crippen LogP contribution in [0, 0.1) is 21.7 Å².